The van der Waals surface area contributed by atoms with E-state index in [0.29, 0.717) is 0 Å². The zero-order chi connectivity index (χ0) is 12.8. The number of nitrogens with one attached hydrogen (secondary N) is 1. The van der Waals surface area contributed by atoms with Gasteiger partial charge in [0.1, 0.15) is 5.75 Å². The second-order valence-electron chi connectivity index (χ2n) is 4.25. The molecule has 3 N–H and O–H groups in total. The van der Waals surface area contributed by atoms with Crippen molar-refractivity contribution >= 4 is 5.91 Å². The molecule has 1 aromatic rings. The Balaban J connectivity index is 2.78. The quantitative estimate of drug-likeness (QED) is 0.802. The number of nitrogens with two attached hydrogens (primary N) is 1. The number of amides is 1. The summed E-state index contributed by atoms with van der Waals surface area (Å²) >= 11 is 0. The minimum atomic E-state index is -0.141. The van der Waals surface area contributed by atoms with E-state index in [0.717, 1.165) is 23.3 Å². The van der Waals surface area contributed by atoms with Crippen LogP contribution < -0.4 is 15.8 Å². The molecular weight excluding hydrogens is 216 g/mol. The monoisotopic (exact) mass is 236 g/mol. The average Bonchev–Trinajstić information content (AvgIpc) is 2.26. The second-order valence-corrected chi connectivity index (χ2v) is 4.25. The number of carbonyl (C=O) groups is 1. The molecule has 0 saturated carbocycles. The van der Waals surface area contributed by atoms with Crippen molar-refractivity contribution in [2.75, 3.05) is 13.7 Å². The van der Waals surface area contributed by atoms with Gasteiger partial charge in [0.2, 0.25) is 0 Å². The van der Waals surface area contributed by atoms with Gasteiger partial charge in [0, 0.05) is 13.1 Å². The highest BCUT2D eigenvalue weighted by molar-refractivity contribution is 5.77. The van der Waals surface area contributed by atoms with E-state index >= 15 is 0 Å². The summed E-state index contributed by atoms with van der Waals surface area (Å²) in [5.41, 5.74) is 8.00. The van der Waals surface area contributed by atoms with E-state index in [1.54, 1.807) is 7.05 Å². The fourth-order valence-electron chi connectivity index (χ4n) is 1.57. The van der Waals surface area contributed by atoms with E-state index in [-0.39, 0.29) is 18.6 Å². The molecule has 1 aromatic carbocycles. The fourth-order valence-corrected chi connectivity index (χ4v) is 1.57. The average molecular weight is 236 g/mol. The zero-order valence-corrected chi connectivity index (χ0v) is 10.6. The first-order valence-electron chi connectivity index (χ1n) is 5.71. The lowest BCUT2D eigenvalue weighted by molar-refractivity contribution is -0.122. The molecule has 94 valence electrons. The molecule has 17 heavy (non-hydrogen) atoms. The maximum absolute atomic E-state index is 11.1. The molecule has 0 bridgehead atoms. The van der Waals surface area contributed by atoms with E-state index in [1.807, 2.05) is 32.0 Å². The van der Waals surface area contributed by atoms with Crippen LogP contribution in [0.15, 0.2) is 18.2 Å². The maximum Gasteiger partial charge on any atom is 0.257 e. The minimum Gasteiger partial charge on any atom is -0.483 e. The molecule has 0 heterocycles. The van der Waals surface area contributed by atoms with Gasteiger partial charge in [-0.2, -0.15) is 0 Å². The van der Waals surface area contributed by atoms with Crippen LogP contribution in [0.4, 0.5) is 0 Å². The molecular formula is C13H20N2O2. The van der Waals surface area contributed by atoms with Gasteiger partial charge in [-0.05, 0) is 31.9 Å². The normalized spacial score (nSPS) is 12.0. The number of benzene rings is 1. The number of carbonyl (C=O) groups excluding carboxylic acids is 1. The topological polar surface area (TPSA) is 64.3 Å². The summed E-state index contributed by atoms with van der Waals surface area (Å²) in [7, 11) is 1.59. The highest BCUT2D eigenvalue weighted by atomic mass is 16.5. The van der Waals surface area contributed by atoms with Crippen LogP contribution in [0.1, 0.15) is 18.1 Å². The lowest BCUT2D eigenvalue weighted by Gasteiger charge is -2.13. The van der Waals surface area contributed by atoms with Gasteiger partial charge in [0.15, 0.2) is 6.61 Å². The molecule has 4 heteroatoms. The molecule has 1 amide bonds. The van der Waals surface area contributed by atoms with Crippen LogP contribution in [0.25, 0.3) is 0 Å². The number of rotatable bonds is 5. The Morgan fingerprint density at radius 1 is 1.53 bits per heavy atom. The molecule has 0 saturated heterocycles. The van der Waals surface area contributed by atoms with Crippen molar-refractivity contribution in [3.05, 3.63) is 29.3 Å². The van der Waals surface area contributed by atoms with Crippen molar-refractivity contribution in [3.8, 4) is 5.75 Å². The van der Waals surface area contributed by atoms with E-state index in [1.165, 1.54) is 0 Å². The Bertz CT molecular complexity index is 389. The van der Waals surface area contributed by atoms with Crippen LogP contribution in [0.2, 0.25) is 0 Å². The third-order valence-corrected chi connectivity index (χ3v) is 2.40. The fraction of sp³-hybridized carbons (Fsp3) is 0.462. The Kier molecular flexibility index (Phi) is 4.97. The highest BCUT2D eigenvalue weighted by Crippen LogP contribution is 2.21. The lowest BCUT2D eigenvalue weighted by Crippen LogP contribution is -2.25. The molecule has 1 atom stereocenters. The van der Waals surface area contributed by atoms with Crippen LogP contribution in [0.3, 0.4) is 0 Å². The largest absolute Gasteiger partial charge is 0.483 e. The van der Waals surface area contributed by atoms with E-state index in [9.17, 15) is 4.79 Å². The van der Waals surface area contributed by atoms with Gasteiger partial charge in [-0.25, -0.2) is 0 Å². The number of hydrogen-bond donors (Lipinski definition) is 2. The number of ether oxygens (including phenoxy) is 1. The summed E-state index contributed by atoms with van der Waals surface area (Å²) in [5.74, 6) is 0.592. The molecule has 4 nitrogen and oxygen atoms in total. The Hall–Kier alpha value is -1.55. The van der Waals surface area contributed by atoms with Gasteiger partial charge < -0.3 is 15.8 Å². The molecule has 0 aliphatic heterocycles. The van der Waals surface area contributed by atoms with Crippen molar-refractivity contribution in [2.45, 2.75) is 26.3 Å². The molecule has 1 unspecified atom stereocenters. The summed E-state index contributed by atoms with van der Waals surface area (Å²) in [4.78, 5) is 11.1. The third kappa shape index (κ3) is 4.44. The van der Waals surface area contributed by atoms with Gasteiger partial charge in [-0.15, -0.1) is 0 Å². The molecule has 0 radical (unpaired) electrons. The van der Waals surface area contributed by atoms with E-state index < -0.39 is 0 Å². The Morgan fingerprint density at radius 3 is 2.82 bits per heavy atom. The maximum atomic E-state index is 11.1. The molecule has 0 aliphatic carbocycles. The van der Waals surface area contributed by atoms with Crippen LogP contribution in [-0.4, -0.2) is 25.6 Å². The molecule has 0 spiro atoms. The van der Waals surface area contributed by atoms with Gasteiger partial charge in [-0.3, -0.25) is 4.79 Å². The van der Waals surface area contributed by atoms with Gasteiger partial charge >= 0.3 is 0 Å². The van der Waals surface area contributed by atoms with Crippen molar-refractivity contribution in [1.29, 1.82) is 0 Å². The van der Waals surface area contributed by atoms with Crippen LogP contribution in [-0.2, 0) is 11.2 Å². The molecule has 1 rings (SSSR count). The highest BCUT2D eigenvalue weighted by Gasteiger charge is 2.08. The van der Waals surface area contributed by atoms with Gasteiger partial charge in [0.05, 0.1) is 0 Å². The van der Waals surface area contributed by atoms with Gasteiger partial charge in [0.25, 0.3) is 5.91 Å². The SMILES string of the molecule is CNC(=O)COc1ccc(C)cc1CC(C)N. The minimum absolute atomic E-state index is 0.0332. The smallest absolute Gasteiger partial charge is 0.257 e. The van der Waals surface area contributed by atoms with Crippen molar-refractivity contribution in [1.82, 2.24) is 5.32 Å². The Labute approximate surface area is 102 Å². The van der Waals surface area contributed by atoms with Crippen LogP contribution in [0, 0.1) is 6.92 Å². The van der Waals surface area contributed by atoms with Crippen LogP contribution >= 0.6 is 0 Å². The number of hydrogen-bond acceptors (Lipinski definition) is 3. The summed E-state index contributed by atoms with van der Waals surface area (Å²) in [6.45, 7) is 4.00. The molecule has 0 aliphatic rings. The van der Waals surface area contributed by atoms with Crippen molar-refractivity contribution in [2.24, 2.45) is 5.73 Å². The van der Waals surface area contributed by atoms with Crippen molar-refractivity contribution < 1.29 is 9.53 Å². The summed E-state index contributed by atoms with van der Waals surface area (Å²) in [5, 5.41) is 2.52. The predicted molar refractivity (Wildman–Crippen MR) is 68.1 cm³/mol. The van der Waals surface area contributed by atoms with Crippen molar-refractivity contribution in [3.63, 3.8) is 0 Å². The second kappa shape index (κ2) is 6.25. The molecule has 0 fully saturated rings. The van der Waals surface area contributed by atoms with Gasteiger partial charge in [-0.1, -0.05) is 17.7 Å². The Morgan fingerprint density at radius 2 is 2.24 bits per heavy atom. The summed E-state index contributed by atoms with van der Waals surface area (Å²) in [6.07, 6.45) is 0.741. The van der Waals surface area contributed by atoms with E-state index in [2.05, 4.69) is 5.32 Å². The number of likely N-dealkylation sites (N-methyl/N-ethyl adjacent to an activating group) is 1. The zero-order valence-electron chi connectivity index (χ0n) is 10.6. The standard InChI is InChI=1S/C13H20N2O2/c1-9-4-5-12(17-8-13(16)15-3)11(6-9)7-10(2)14/h4-6,10H,7-8,14H2,1-3H3,(H,15,16). The van der Waals surface area contributed by atoms with Crippen LogP contribution in [0.5, 0.6) is 5.75 Å². The third-order valence-electron chi connectivity index (χ3n) is 2.40. The lowest BCUT2D eigenvalue weighted by atomic mass is 10.0. The first-order valence-corrected chi connectivity index (χ1v) is 5.71. The summed E-state index contributed by atoms with van der Waals surface area (Å²) < 4.78 is 5.48. The van der Waals surface area contributed by atoms with E-state index in [4.69, 9.17) is 10.5 Å². The summed E-state index contributed by atoms with van der Waals surface area (Å²) in [6, 6.07) is 5.96. The number of aryl methyl sites for hydroxylation is 1. The first-order chi connectivity index (χ1) is 8.02. The first kappa shape index (κ1) is 13.5. The molecule has 0 aromatic heterocycles. The predicted octanol–water partition coefficient (Wildman–Crippen LogP) is 1.01.